The molecule has 0 saturated heterocycles. The number of halogens is 2. The van der Waals surface area contributed by atoms with Crippen LogP contribution in [0.3, 0.4) is 0 Å². The highest BCUT2D eigenvalue weighted by atomic mass is 19.3. The average molecular weight is 168 g/mol. The Morgan fingerprint density at radius 2 is 2.25 bits per heavy atom. The number of hydrogen-bond acceptors (Lipinski definition) is 2. The van der Waals surface area contributed by atoms with E-state index in [0.717, 1.165) is 0 Å². The zero-order valence-electron chi connectivity index (χ0n) is 6.38. The lowest BCUT2D eigenvalue weighted by Crippen LogP contribution is -1.95. The summed E-state index contributed by atoms with van der Waals surface area (Å²) < 4.78 is 24.4. The molecule has 0 spiro atoms. The Labute approximate surface area is 68.5 Å². The van der Waals surface area contributed by atoms with Gasteiger partial charge in [0, 0.05) is 11.8 Å². The zero-order chi connectivity index (χ0) is 9.14. The molecule has 1 aromatic heterocycles. The third-order valence-electron chi connectivity index (χ3n) is 1.59. The summed E-state index contributed by atoms with van der Waals surface area (Å²) in [5.74, 6) is 0. The van der Waals surface area contributed by atoms with Gasteiger partial charge in [-0.05, 0) is 18.6 Å². The van der Waals surface area contributed by atoms with E-state index in [-0.39, 0.29) is 16.8 Å². The lowest BCUT2D eigenvalue weighted by atomic mass is 10.1. The minimum Gasteiger partial charge on any atom is -0.245 e. The molecule has 0 unspecified atom stereocenters. The fourth-order valence-electron chi connectivity index (χ4n) is 0.900. The summed E-state index contributed by atoms with van der Waals surface area (Å²) in [7, 11) is 0. The smallest absolute Gasteiger partial charge is 0.245 e. The normalized spacial score (nSPS) is 9.92. The van der Waals surface area contributed by atoms with Crippen LogP contribution in [0.5, 0.6) is 0 Å². The highest BCUT2D eigenvalue weighted by Crippen LogP contribution is 2.22. The topological polar surface area (TPSA) is 36.7 Å². The van der Waals surface area contributed by atoms with Gasteiger partial charge in [-0.2, -0.15) is 5.26 Å². The summed E-state index contributed by atoms with van der Waals surface area (Å²) in [6.07, 6.45) is -1.33. The minimum atomic E-state index is -2.54. The van der Waals surface area contributed by atoms with Gasteiger partial charge in [-0.15, -0.1) is 0 Å². The first-order valence-corrected chi connectivity index (χ1v) is 3.30. The number of pyridine rings is 1. The Morgan fingerprint density at radius 3 is 2.75 bits per heavy atom. The Balaban J connectivity index is 3.25. The van der Waals surface area contributed by atoms with Crippen molar-refractivity contribution in [1.29, 1.82) is 5.26 Å². The van der Waals surface area contributed by atoms with Crippen molar-refractivity contribution >= 4 is 0 Å². The maximum atomic E-state index is 12.2. The summed E-state index contributed by atoms with van der Waals surface area (Å²) in [5, 5.41) is 8.47. The van der Waals surface area contributed by atoms with E-state index in [1.807, 2.05) is 0 Å². The van der Waals surface area contributed by atoms with Crippen molar-refractivity contribution in [3.05, 3.63) is 29.1 Å². The summed E-state index contributed by atoms with van der Waals surface area (Å²) in [4.78, 5) is 3.65. The van der Waals surface area contributed by atoms with Gasteiger partial charge in [-0.25, -0.2) is 13.8 Å². The molecule has 0 fully saturated rings. The number of nitrogens with zero attached hydrogens (tertiary/aromatic N) is 2. The van der Waals surface area contributed by atoms with Crippen LogP contribution < -0.4 is 0 Å². The van der Waals surface area contributed by atoms with Crippen LogP contribution in [0.1, 0.15) is 23.2 Å². The maximum absolute atomic E-state index is 12.2. The number of hydrogen-bond donors (Lipinski definition) is 0. The molecule has 0 N–H and O–H groups in total. The number of nitriles is 1. The van der Waals surface area contributed by atoms with Gasteiger partial charge < -0.3 is 0 Å². The fourth-order valence-corrected chi connectivity index (χ4v) is 0.900. The zero-order valence-corrected chi connectivity index (χ0v) is 6.38. The van der Waals surface area contributed by atoms with E-state index >= 15 is 0 Å². The molecule has 62 valence electrons. The van der Waals surface area contributed by atoms with Gasteiger partial charge in [0.25, 0.3) is 6.43 Å². The SMILES string of the molecule is Cc1c(C(F)F)ccnc1C#N. The Hall–Kier alpha value is -1.50. The Bertz CT molecular complexity index is 328. The van der Waals surface area contributed by atoms with Crippen LogP contribution in [-0.4, -0.2) is 4.98 Å². The van der Waals surface area contributed by atoms with Crippen LogP contribution in [0.2, 0.25) is 0 Å². The molecule has 4 heteroatoms. The standard InChI is InChI=1S/C8H6F2N2/c1-5-6(8(9)10)2-3-12-7(5)4-11/h2-3,8H,1H3. The van der Waals surface area contributed by atoms with Crippen molar-refractivity contribution in [3.8, 4) is 6.07 Å². The summed E-state index contributed by atoms with van der Waals surface area (Å²) >= 11 is 0. The first-order valence-electron chi connectivity index (χ1n) is 3.30. The van der Waals surface area contributed by atoms with Gasteiger partial charge in [0.1, 0.15) is 11.8 Å². The van der Waals surface area contributed by atoms with Crippen LogP contribution in [0.25, 0.3) is 0 Å². The predicted molar refractivity (Wildman–Crippen MR) is 38.6 cm³/mol. The van der Waals surface area contributed by atoms with Crippen molar-refractivity contribution < 1.29 is 8.78 Å². The summed E-state index contributed by atoms with van der Waals surface area (Å²) in [5.41, 5.74) is 0.198. The second-order valence-corrected chi connectivity index (χ2v) is 2.29. The minimum absolute atomic E-state index is 0.0628. The number of alkyl halides is 2. The molecule has 0 radical (unpaired) electrons. The molecule has 0 saturated carbocycles. The molecule has 0 aliphatic carbocycles. The largest absolute Gasteiger partial charge is 0.264 e. The molecule has 1 heterocycles. The third-order valence-corrected chi connectivity index (χ3v) is 1.59. The third kappa shape index (κ3) is 1.40. The summed E-state index contributed by atoms with van der Waals surface area (Å²) in [6.45, 7) is 1.47. The average Bonchev–Trinajstić information content (AvgIpc) is 2.04. The van der Waals surface area contributed by atoms with Crippen molar-refractivity contribution in [2.75, 3.05) is 0 Å². The van der Waals surface area contributed by atoms with E-state index in [1.165, 1.54) is 19.2 Å². The maximum Gasteiger partial charge on any atom is 0.264 e. The van der Waals surface area contributed by atoms with Crippen molar-refractivity contribution in [3.63, 3.8) is 0 Å². The Kier molecular flexibility index (Phi) is 2.34. The lowest BCUT2D eigenvalue weighted by Gasteiger charge is -2.03. The first-order chi connectivity index (χ1) is 5.66. The molecule has 1 aromatic rings. The molecule has 12 heavy (non-hydrogen) atoms. The molecule has 1 rings (SSSR count). The Morgan fingerprint density at radius 1 is 1.58 bits per heavy atom. The van der Waals surface area contributed by atoms with E-state index in [4.69, 9.17) is 5.26 Å². The predicted octanol–water partition coefficient (Wildman–Crippen LogP) is 2.20. The first kappa shape index (κ1) is 8.60. The van der Waals surface area contributed by atoms with Gasteiger partial charge in [0.15, 0.2) is 0 Å². The summed E-state index contributed by atoms with van der Waals surface area (Å²) in [6, 6.07) is 2.97. The van der Waals surface area contributed by atoms with Gasteiger partial charge in [-0.1, -0.05) is 0 Å². The molecule has 0 aliphatic rings. The molecule has 0 atom stereocenters. The molecular formula is C8H6F2N2. The molecule has 0 aliphatic heterocycles. The second kappa shape index (κ2) is 3.26. The monoisotopic (exact) mass is 168 g/mol. The van der Waals surface area contributed by atoms with Gasteiger partial charge in [0.05, 0.1) is 0 Å². The van der Waals surface area contributed by atoms with Crippen molar-refractivity contribution in [2.24, 2.45) is 0 Å². The van der Waals surface area contributed by atoms with Crippen LogP contribution >= 0.6 is 0 Å². The lowest BCUT2D eigenvalue weighted by molar-refractivity contribution is 0.150. The number of rotatable bonds is 1. The van der Waals surface area contributed by atoms with Gasteiger partial charge >= 0.3 is 0 Å². The van der Waals surface area contributed by atoms with Gasteiger partial charge in [-0.3, -0.25) is 0 Å². The quantitative estimate of drug-likeness (QED) is 0.644. The highest BCUT2D eigenvalue weighted by molar-refractivity contribution is 5.36. The van der Waals surface area contributed by atoms with E-state index in [0.29, 0.717) is 0 Å². The molecule has 0 aromatic carbocycles. The molecular weight excluding hydrogens is 162 g/mol. The van der Waals surface area contributed by atoms with Crippen LogP contribution in [0.4, 0.5) is 8.78 Å². The van der Waals surface area contributed by atoms with E-state index in [9.17, 15) is 8.78 Å². The van der Waals surface area contributed by atoms with Crippen LogP contribution in [-0.2, 0) is 0 Å². The highest BCUT2D eigenvalue weighted by Gasteiger charge is 2.12. The fraction of sp³-hybridized carbons (Fsp3) is 0.250. The molecule has 0 amide bonds. The van der Waals surface area contributed by atoms with Crippen molar-refractivity contribution in [1.82, 2.24) is 4.98 Å². The van der Waals surface area contributed by atoms with Gasteiger partial charge in [0.2, 0.25) is 0 Å². The van der Waals surface area contributed by atoms with Crippen LogP contribution in [0.15, 0.2) is 12.3 Å². The van der Waals surface area contributed by atoms with E-state index in [1.54, 1.807) is 6.07 Å². The molecule has 2 nitrogen and oxygen atoms in total. The second-order valence-electron chi connectivity index (χ2n) is 2.29. The number of aromatic nitrogens is 1. The van der Waals surface area contributed by atoms with E-state index in [2.05, 4.69) is 4.98 Å². The molecule has 0 bridgehead atoms. The van der Waals surface area contributed by atoms with Crippen molar-refractivity contribution in [2.45, 2.75) is 13.3 Å². The van der Waals surface area contributed by atoms with E-state index < -0.39 is 6.43 Å². The van der Waals surface area contributed by atoms with Crippen LogP contribution in [0, 0.1) is 18.3 Å².